The second-order valence-electron chi connectivity index (χ2n) is 7.70. The summed E-state index contributed by atoms with van der Waals surface area (Å²) in [6.07, 6.45) is 3.70. The van der Waals surface area contributed by atoms with E-state index in [1.807, 2.05) is 6.92 Å². The Hall–Kier alpha value is -1.72. The first-order chi connectivity index (χ1) is 13.5. The molecule has 1 heterocycles. The number of ether oxygens (including phenoxy) is 1. The Labute approximate surface area is 174 Å². The molecule has 1 aromatic rings. The summed E-state index contributed by atoms with van der Waals surface area (Å²) in [5, 5.41) is 8.69. The number of rotatable bonds is 14. The average Bonchev–Trinajstić information content (AvgIpc) is 2.69. The number of nitrogens with zero attached hydrogens (tertiary/aromatic N) is 3. The smallest absolute Gasteiger partial charge is 0.283 e. The molecule has 10 nitrogen and oxygen atoms in total. The number of anilines is 3. The molecular weight excluding hydrogens is 396 g/mol. The Morgan fingerprint density at radius 3 is 1.79 bits per heavy atom. The van der Waals surface area contributed by atoms with Crippen LogP contribution in [0.25, 0.3) is 0 Å². The van der Waals surface area contributed by atoms with E-state index in [2.05, 4.69) is 65.5 Å². The van der Waals surface area contributed by atoms with Gasteiger partial charge in [0.1, 0.15) is 12.6 Å². The average molecular weight is 433 g/mol. The van der Waals surface area contributed by atoms with Crippen molar-refractivity contribution < 1.29 is 17.7 Å². The number of hydrogen-bond acceptors (Lipinski definition) is 9. The van der Waals surface area contributed by atoms with Crippen molar-refractivity contribution in [3.05, 3.63) is 0 Å². The van der Waals surface area contributed by atoms with Gasteiger partial charge in [-0.3, -0.25) is 4.55 Å². The third-order valence-electron chi connectivity index (χ3n) is 5.58. The largest absolute Gasteiger partial charge is 0.355 e. The van der Waals surface area contributed by atoms with Gasteiger partial charge in [0, 0.05) is 6.54 Å². The van der Waals surface area contributed by atoms with Crippen LogP contribution in [-0.2, 0) is 14.9 Å². The predicted octanol–water partition coefficient (Wildman–Crippen LogP) is 3.33. The highest BCUT2D eigenvalue weighted by Gasteiger charge is 2.21. The van der Waals surface area contributed by atoms with Gasteiger partial charge in [0.05, 0.1) is 5.60 Å². The zero-order valence-corrected chi connectivity index (χ0v) is 19.2. The second-order valence-corrected chi connectivity index (χ2v) is 9.16. The lowest BCUT2D eigenvalue weighted by atomic mass is 9.85. The van der Waals surface area contributed by atoms with Crippen LogP contribution >= 0.6 is 0 Å². The first-order valence-electron chi connectivity index (χ1n) is 10.0. The van der Waals surface area contributed by atoms with Gasteiger partial charge in [-0.25, -0.2) is 0 Å². The number of aromatic nitrogens is 3. The van der Waals surface area contributed by atoms with Crippen LogP contribution in [-0.4, -0.2) is 52.7 Å². The van der Waals surface area contributed by atoms with Crippen molar-refractivity contribution in [2.24, 2.45) is 5.41 Å². The summed E-state index contributed by atoms with van der Waals surface area (Å²) >= 11 is 0. The molecule has 0 spiro atoms. The van der Waals surface area contributed by atoms with Crippen LogP contribution in [0.3, 0.4) is 0 Å². The van der Waals surface area contributed by atoms with E-state index in [0.717, 1.165) is 25.7 Å². The molecule has 29 heavy (non-hydrogen) atoms. The minimum Gasteiger partial charge on any atom is -0.355 e. The minimum absolute atomic E-state index is 0.0334. The van der Waals surface area contributed by atoms with Crippen LogP contribution in [0.4, 0.5) is 17.8 Å². The zero-order chi connectivity index (χ0) is 22.1. The van der Waals surface area contributed by atoms with E-state index in [1.165, 1.54) is 0 Å². The maximum absolute atomic E-state index is 11.0. The van der Waals surface area contributed by atoms with Crippen molar-refractivity contribution in [2.45, 2.75) is 72.8 Å². The number of hydrogen-bond donors (Lipinski definition) is 4. The van der Waals surface area contributed by atoms with Crippen molar-refractivity contribution in [3.8, 4) is 0 Å². The normalized spacial score (nSPS) is 12.7. The molecule has 0 aliphatic carbocycles. The van der Waals surface area contributed by atoms with Gasteiger partial charge in [0.2, 0.25) is 17.8 Å². The van der Waals surface area contributed by atoms with Gasteiger partial charge < -0.3 is 20.7 Å². The summed E-state index contributed by atoms with van der Waals surface area (Å²) in [5.41, 5.74) is -0.174. The van der Waals surface area contributed by atoms with Gasteiger partial charge in [-0.1, -0.05) is 34.6 Å². The Morgan fingerprint density at radius 1 is 0.862 bits per heavy atom. The molecule has 0 saturated heterocycles. The van der Waals surface area contributed by atoms with Gasteiger partial charge in [-0.2, -0.15) is 23.4 Å². The first kappa shape index (κ1) is 25.3. The molecule has 11 heteroatoms. The number of nitrogens with one attached hydrogen (secondary N) is 3. The van der Waals surface area contributed by atoms with Crippen LogP contribution in [0.5, 0.6) is 0 Å². The maximum atomic E-state index is 11.0. The molecule has 0 aromatic carbocycles. The molecule has 0 aliphatic heterocycles. The molecule has 0 radical (unpaired) electrons. The molecular formula is C18H36N6O4S. The molecule has 0 fully saturated rings. The Balaban J connectivity index is 2.95. The molecule has 1 rings (SSSR count). The van der Waals surface area contributed by atoms with Crippen molar-refractivity contribution in [2.75, 3.05) is 35.1 Å². The third-order valence-corrected chi connectivity index (χ3v) is 6.08. The highest BCUT2D eigenvalue weighted by Crippen LogP contribution is 2.25. The summed E-state index contributed by atoms with van der Waals surface area (Å²) < 4.78 is 36.9. The second kappa shape index (κ2) is 10.9. The Kier molecular flexibility index (Phi) is 9.50. The fraction of sp³-hybridized carbons (Fsp3) is 0.833. The molecule has 1 aromatic heterocycles. The van der Waals surface area contributed by atoms with Crippen LogP contribution in [0.1, 0.15) is 67.2 Å². The van der Waals surface area contributed by atoms with E-state index in [0.29, 0.717) is 12.5 Å². The van der Waals surface area contributed by atoms with E-state index in [-0.39, 0.29) is 29.6 Å². The van der Waals surface area contributed by atoms with Crippen LogP contribution < -0.4 is 16.0 Å². The van der Waals surface area contributed by atoms with Crippen molar-refractivity contribution in [1.82, 2.24) is 15.0 Å². The first-order valence-corrected chi connectivity index (χ1v) is 11.7. The fourth-order valence-electron chi connectivity index (χ4n) is 2.29. The molecule has 0 bridgehead atoms. The molecule has 0 amide bonds. The highest BCUT2D eigenvalue weighted by atomic mass is 32.2. The molecule has 0 saturated carbocycles. The summed E-state index contributed by atoms with van der Waals surface area (Å²) in [6.45, 7) is 13.4. The molecule has 0 atom stereocenters. The lowest BCUT2D eigenvalue weighted by Crippen LogP contribution is -2.30. The van der Waals surface area contributed by atoms with E-state index < -0.39 is 16.0 Å². The zero-order valence-electron chi connectivity index (χ0n) is 18.4. The van der Waals surface area contributed by atoms with Gasteiger partial charge in [-0.15, -0.1) is 0 Å². The molecule has 0 aliphatic rings. The van der Waals surface area contributed by atoms with Gasteiger partial charge in [0.25, 0.3) is 10.1 Å². The summed E-state index contributed by atoms with van der Waals surface area (Å²) in [5.74, 6) is -0.115. The topological polar surface area (TPSA) is 138 Å². The highest BCUT2D eigenvalue weighted by molar-refractivity contribution is 7.85. The maximum Gasteiger partial charge on any atom is 0.283 e. The Morgan fingerprint density at radius 2 is 1.34 bits per heavy atom. The fourth-order valence-corrected chi connectivity index (χ4v) is 2.60. The summed E-state index contributed by atoms with van der Waals surface area (Å²) in [6, 6.07) is 0. The quantitative estimate of drug-likeness (QED) is 0.256. The van der Waals surface area contributed by atoms with Gasteiger partial charge >= 0.3 is 0 Å². The van der Waals surface area contributed by atoms with E-state index in [1.54, 1.807) is 0 Å². The minimum atomic E-state index is -4.21. The lowest BCUT2D eigenvalue weighted by molar-refractivity contribution is -0.0276. The van der Waals surface area contributed by atoms with Crippen LogP contribution in [0.15, 0.2) is 0 Å². The predicted molar refractivity (Wildman–Crippen MR) is 116 cm³/mol. The van der Waals surface area contributed by atoms with E-state index in [9.17, 15) is 8.42 Å². The molecule has 168 valence electrons. The lowest BCUT2D eigenvalue weighted by Gasteiger charge is -2.27. The standard InChI is InChI=1S/C18H36N6O4S/c1-7-17(5,8-2)11-19-14-22-15(20-12-28-18(6,9-3)10-4)24-16(23-14)21-13-29(25,26)27/h7-13H2,1-6H3,(H,25,26,27)(H3,19,20,21,22,23,24). The Bertz CT molecular complexity index is 736. The van der Waals surface area contributed by atoms with Crippen LogP contribution in [0.2, 0.25) is 0 Å². The van der Waals surface area contributed by atoms with Gasteiger partial charge in [-0.05, 0) is 38.0 Å². The summed E-state index contributed by atoms with van der Waals surface area (Å²) in [4.78, 5) is 12.7. The van der Waals surface area contributed by atoms with E-state index in [4.69, 9.17) is 9.29 Å². The summed E-state index contributed by atoms with van der Waals surface area (Å²) in [7, 11) is -4.21. The monoisotopic (exact) mass is 432 g/mol. The van der Waals surface area contributed by atoms with Crippen molar-refractivity contribution in [3.63, 3.8) is 0 Å². The molecule has 4 N–H and O–H groups in total. The third kappa shape index (κ3) is 9.09. The van der Waals surface area contributed by atoms with E-state index >= 15 is 0 Å². The molecule has 0 unspecified atom stereocenters. The van der Waals surface area contributed by atoms with Crippen molar-refractivity contribution >= 4 is 28.0 Å². The van der Waals surface area contributed by atoms with Crippen LogP contribution in [0, 0.1) is 5.41 Å². The SMILES string of the molecule is CCC(C)(CC)CNc1nc(NCOC(C)(CC)CC)nc(NCS(=O)(=O)O)n1. The van der Waals surface area contributed by atoms with Gasteiger partial charge in [0.15, 0.2) is 0 Å². The van der Waals surface area contributed by atoms with Crippen molar-refractivity contribution in [1.29, 1.82) is 0 Å².